The van der Waals surface area contributed by atoms with Crippen LogP contribution in [0.2, 0.25) is 0 Å². The van der Waals surface area contributed by atoms with E-state index in [-0.39, 0.29) is 5.69 Å². The number of benzene rings is 1. The van der Waals surface area contributed by atoms with E-state index >= 15 is 0 Å². The Kier molecular flexibility index (Phi) is 3.74. The highest BCUT2D eigenvalue weighted by molar-refractivity contribution is 6.04. The van der Waals surface area contributed by atoms with Crippen LogP contribution < -0.4 is 5.73 Å². The molecule has 1 aromatic carbocycles. The number of pyridine rings is 1. The summed E-state index contributed by atoms with van der Waals surface area (Å²) >= 11 is 0. The Labute approximate surface area is 139 Å². The quantitative estimate of drug-likeness (QED) is 0.772. The minimum Gasteiger partial charge on any atom is -0.364 e. The fraction of sp³-hybridized carbons (Fsp3) is 0.278. The first-order chi connectivity index (χ1) is 11.7. The van der Waals surface area contributed by atoms with Crippen LogP contribution in [0, 0.1) is 0 Å². The number of nitrogens with zero attached hydrogens (tertiary/aromatic N) is 3. The number of H-pyrrole nitrogens is 1. The lowest BCUT2D eigenvalue weighted by Crippen LogP contribution is -2.18. The number of amides is 1. The van der Waals surface area contributed by atoms with Gasteiger partial charge in [-0.1, -0.05) is 6.07 Å². The van der Waals surface area contributed by atoms with Crippen LogP contribution in [-0.2, 0) is 6.54 Å². The summed E-state index contributed by atoms with van der Waals surface area (Å²) in [6.07, 6.45) is 6.33. The summed E-state index contributed by atoms with van der Waals surface area (Å²) in [6, 6.07) is 8.02. The highest BCUT2D eigenvalue weighted by Gasteiger charge is 2.14. The third kappa shape index (κ3) is 2.76. The van der Waals surface area contributed by atoms with Gasteiger partial charge in [-0.2, -0.15) is 5.10 Å². The van der Waals surface area contributed by atoms with Crippen molar-refractivity contribution in [1.82, 2.24) is 20.1 Å². The molecule has 0 aliphatic carbocycles. The van der Waals surface area contributed by atoms with Crippen molar-refractivity contribution in [2.75, 3.05) is 13.1 Å². The summed E-state index contributed by atoms with van der Waals surface area (Å²) in [5.74, 6) is -0.528. The molecule has 122 valence electrons. The van der Waals surface area contributed by atoms with Crippen LogP contribution in [0.5, 0.6) is 0 Å². The van der Waals surface area contributed by atoms with E-state index in [4.69, 9.17) is 5.73 Å². The molecule has 1 aliphatic rings. The van der Waals surface area contributed by atoms with Gasteiger partial charge in [-0.25, -0.2) is 0 Å². The minimum absolute atomic E-state index is 0.271. The highest BCUT2D eigenvalue weighted by Crippen LogP contribution is 2.26. The van der Waals surface area contributed by atoms with Crippen LogP contribution in [0.25, 0.3) is 22.0 Å². The van der Waals surface area contributed by atoms with Crippen molar-refractivity contribution in [3.8, 4) is 11.1 Å². The van der Waals surface area contributed by atoms with Crippen molar-refractivity contribution >= 4 is 16.8 Å². The Morgan fingerprint density at radius 2 is 2.00 bits per heavy atom. The number of carbonyl (C=O) groups is 1. The number of hydrogen-bond donors (Lipinski definition) is 2. The van der Waals surface area contributed by atoms with Gasteiger partial charge in [0.05, 0.1) is 5.52 Å². The normalized spacial score (nSPS) is 15.2. The molecule has 0 spiro atoms. The molecule has 0 atom stereocenters. The number of nitrogens with two attached hydrogens (primary N) is 1. The second-order valence-corrected chi connectivity index (χ2v) is 6.26. The maximum atomic E-state index is 11.5. The fourth-order valence-corrected chi connectivity index (χ4v) is 3.31. The SMILES string of the molecule is NC(=O)c1n[nH]c2ccc(-c3cncc(CN4CCCC4)c3)cc12. The monoisotopic (exact) mass is 321 g/mol. The van der Waals surface area contributed by atoms with Crippen molar-refractivity contribution < 1.29 is 4.79 Å². The van der Waals surface area contributed by atoms with E-state index in [1.54, 1.807) is 0 Å². The molecule has 0 bridgehead atoms. The summed E-state index contributed by atoms with van der Waals surface area (Å²) in [5, 5.41) is 7.57. The van der Waals surface area contributed by atoms with Crippen LogP contribution in [0.3, 0.4) is 0 Å². The van der Waals surface area contributed by atoms with E-state index in [1.807, 2.05) is 30.6 Å². The maximum absolute atomic E-state index is 11.5. The Bertz CT molecular complexity index is 895. The molecule has 6 heteroatoms. The lowest BCUT2D eigenvalue weighted by molar-refractivity contribution is 0.0997. The number of carbonyl (C=O) groups excluding carboxylic acids is 1. The molecular weight excluding hydrogens is 302 g/mol. The van der Waals surface area contributed by atoms with E-state index in [9.17, 15) is 4.79 Å². The summed E-state index contributed by atoms with van der Waals surface area (Å²) in [5.41, 5.74) is 9.70. The van der Waals surface area contributed by atoms with Crippen molar-refractivity contribution in [2.24, 2.45) is 5.73 Å². The minimum atomic E-state index is -0.528. The molecule has 1 amide bonds. The number of likely N-dealkylation sites (tertiary alicyclic amines) is 1. The Balaban J connectivity index is 1.68. The standard InChI is InChI=1S/C18H19N5O/c19-18(24)17-15-8-13(3-4-16(15)21-22-17)14-7-12(9-20-10-14)11-23-5-1-2-6-23/h3-4,7-10H,1-2,5-6,11H2,(H2,19,24)(H,21,22). The smallest absolute Gasteiger partial charge is 0.269 e. The lowest BCUT2D eigenvalue weighted by atomic mass is 10.0. The molecule has 24 heavy (non-hydrogen) atoms. The van der Waals surface area contributed by atoms with Crippen LogP contribution >= 0.6 is 0 Å². The van der Waals surface area contributed by atoms with Crippen LogP contribution in [0.4, 0.5) is 0 Å². The second kappa shape index (κ2) is 6.05. The van der Waals surface area contributed by atoms with Gasteiger partial charge in [-0.3, -0.25) is 19.8 Å². The first kappa shape index (κ1) is 14.8. The van der Waals surface area contributed by atoms with Gasteiger partial charge >= 0.3 is 0 Å². The first-order valence-corrected chi connectivity index (χ1v) is 8.15. The van der Waals surface area contributed by atoms with Gasteiger partial charge in [-0.05, 0) is 55.3 Å². The van der Waals surface area contributed by atoms with Gasteiger partial charge in [0.25, 0.3) is 5.91 Å². The van der Waals surface area contributed by atoms with Gasteiger partial charge in [0.2, 0.25) is 0 Å². The van der Waals surface area contributed by atoms with Gasteiger partial charge in [0.15, 0.2) is 5.69 Å². The Morgan fingerprint density at radius 3 is 2.79 bits per heavy atom. The van der Waals surface area contributed by atoms with E-state index in [0.717, 1.165) is 41.7 Å². The molecule has 3 aromatic rings. The number of fused-ring (bicyclic) bond motifs is 1. The molecule has 0 saturated carbocycles. The molecule has 3 heterocycles. The Morgan fingerprint density at radius 1 is 1.17 bits per heavy atom. The predicted octanol–water partition coefficient (Wildman–Crippen LogP) is 2.32. The number of nitrogens with one attached hydrogen (secondary N) is 1. The zero-order valence-electron chi connectivity index (χ0n) is 13.3. The molecule has 3 N–H and O–H groups in total. The molecule has 1 aliphatic heterocycles. The van der Waals surface area contributed by atoms with Crippen molar-refractivity contribution in [2.45, 2.75) is 19.4 Å². The largest absolute Gasteiger partial charge is 0.364 e. The van der Waals surface area contributed by atoms with Crippen molar-refractivity contribution in [3.05, 3.63) is 47.9 Å². The highest BCUT2D eigenvalue weighted by atomic mass is 16.1. The van der Waals surface area contributed by atoms with E-state index in [0.29, 0.717) is 0 Å². The number of primary amides is 1. The summed E-state index contributed by atoms with van der Waals surface area (Å²) in [7, 11) is 0. The summed E-state index contributed by atoms with van der Waals surface area (Å²) in [4.78, 5) is 18.3. The van der Waals surface area contributed by atoms with Crippen molar-refractivity contribution in [3.63, 3.8) is 0 Å². The third-order valence-corrected chi connectivity index (χ3v) is 4.53. The number of aromatic nitrogens is 3. The fourth-order valence-electron chi connectivity index (χ4n) is 3.31. The number of rotatable bonds is 4. The second-order valence-electron chi connectivity index (χ2n) is 6.26. The molecule has 1 saturated heterocycles. The zero-order chi connectivity index (χ0) is 16.5. The Hall–Kier alpha value is -2.73. The summed E-state index contributed by atoms with van der Waals surface area (Å²) in [6.45, 7) is 3.25. The first-order valence-electron chi connectivity index (χ1n) is 8.15. The van der Waals surface area contributed by atoms with Gasteiger partial charge in [0, 0.05) is 29.9 Å². The molecular formula is C18H19N5O. The molecule has 6 nitrogen and oxygen atoms in total. The van der Waals surface area contributed by atoms with Crippen LogP contribution in [0.1, 0.15) is 28.9 Å². The van der Waals surface area contributed by atoms with Gasteiger partial charge < -0.3 is 5.73 Å². The maximum Gasteiger partial charge on any atom is 0.269 e. The summed E-state index contributed by atoms with van der Waals surface area (Å²) < 4.78 is 0. The number of aromatic amines is 1. The third-order valence-electron chi connectivity index (χ3n) is 4.53. The van der Waals surface area contributed by atoms with E-state index < -0.39 is 5.91 Å². The molecule has 1 fully saturated rings. The lowest BCUT2D eigenvalue weighted by Gasteiger charge is -2.14. The van der Waals surface area contributed by atoms with Gasteiger partial charge in [0.1, 0.15) is 0 Å². The predicted molar refractivity (Wildman–Crippen MR) is 92.4 cm³/mol. The molecule has 4 rings (SSSR count). The van der Waals surface area contributed by atoms with E-state index in [2.05, 4.69) is 26.1 Å². The van der Waals surface area contributed by atoms with Gasteiger partial charge in [-0.15, -0.1) is 0 Å². The topological polar surface area (TPSA) is 87.9 Å². The number of hydrogen-bond acceptors (Lipinski definition) is 4. The zero-order valence-corrected chi connectivity index (χ0v) is 13.3. The van der Waals surface area contributed by atoms with E-state index in [1.165, 1.54) is 18.4 Å². The van der Waals surface area contributed by atoms with Crippen molar-refractivity contribution in [1.29, 1.82) is 0 Å². The molecule has 0 radical (unpaired) electrons. The average molecular weight is 321 g/mol. The molecule has 2 aromatic heterocycles. The van der Waals surface area contributed by atoms with Crippen LogP contribution in [0.15, 0.2) is 36.7 Å². The average Bonchev–Trinajstić information content (AvgIpc) is 3.23. The molecule has 0 unspecified atom stereocenters. The van der Waals surface area contributed by atoms with Crippen LogP contribution in [-0.4, -0.2) is 39.1 Å².